The van der Waals surface area contributed by atoms with Crippen LogP contribution < -0.4 is 0 Å². The topological polar surface area (TPSA) is 68.6 Å². The van der Waals surface area contributed by atoms with E-state index in [2.05, 4.69) is 101 Å². The largest absolute Gasteiger partial charge is 0.294 e. The van der Waals surface area contributed by atoms with E-state index in [1.807, 2.05) is 56.8 Å². The number of benzene rings is 2. The SMILES string of the molecule is Cc1cnc2c(c1)C(C)(c1ccccc1)c1cc(C)cnc1-2.Cc1cnc2c(c1)C1(CC(=O)c3ccccc31)c1cc(C)cnc1-2. The van der Waals surface area contributed by atoms with E-state index in [4.69, 9.17) is 0 Å². The van der Waals surface area contributed by atoms with Crippen molar-refractivity contribution in [3.05, 3.63) is 165 Å². The molecular weight excluding hydrogens is 564 g/mol. The lowest BCUT2D eigenvalue weighted by atomic mass is 9.73. The highest BCUT2D eigenvalue weighted by Crippen LogP contribution is 2.57. The zero-order valence-corrected chi connectivity index (χ0v) is 26.7. The first-order chi connectivity index (χ1) is 22.2. The minimum atomic E-state index is -0.434. The standard InChI is InChI=1S/C21H16N2O.C20H18N2/c1-12-7-16-19(22-10-12)20-17(8-13(2)11-23-20)21(16)9-18(24)14-5-3-4-6-15(14)21;1-13-9-16-18(21-11-13)19-17(10-14(2)12-22-19)20(16,3)15-7-5-4-6-8-15/h3-8,10-11H,9H2,1-2H3;4-12H,1-3H3. The van der Waals surface area contributed by atoms with Crippen LogP contribution in [0, 0.1) is 27.7 Å². The molecule has 3 aliphatic carbocycles. The quantitative estimate of drug-likeness (QED) is 0.190. The van der Waals surface area contributed by atoms with Crippen molar-refractivity contribution in [2.45, 2.75) is 51.9 Å². The number of ketones is 1. The van der Waals surface area contributed by atoms with Gasteiger partial charge in [0, 0.05) is 42.2 Å². The number of pyridine rings is 4. The Kier molecular flexibility index (Phi) is 6.20. The van der Waals surface area contributed by atoms with Crippen LogP contribution >= 0.6 is 0 Å². The maximum absolute atomic E-state index is 12.8. The Morgan fingerprint density at radius 1 is 0.522 bits per heavy atom. The summed E-state index contributed by atoms with van der Waals surface area (Å²) in [5.41, 5.74) is 15.8. The Balaban J connectivity index is 0.000000136. The van der Waals surface area contributed by atoms with Crippen LogP contribution in [0.3, 0.4) is 0 Å². The lowest BCUT2D eigenvalue weighted by Gasteiger charge is -2.28. The molecule has 1 spiro atoms. The van der Waals surface area contributed by atoms with Crippen LogP contribution in [0.5, 0.6) is 0 Å². The molecule has 5 nitrogen and oxygen atoms in total. The third kappa shape index (κ3) is 3.91. The van der Waals surface area contributed by atoms with Crippen molar-refractivity contribution in [1.29, 1.82) is 0 Å². The summed E-state index contributed by atoms with van der Waals surface area (Å²) in [6.07, 6.45) is 8.09. The molecule has 0 N–H and O–H groups in total. The van der Waals surface area contributed by atoms with E-state index in [1.165, 1.54) is 27.8 Å². The fraction of sp³-hybridized carbons (Fsp3) is 0.195. The number of carbonyl (C=O) groups is 1. The van der Waals surface area contributed by atoms with Crippen molar-refractivity contribution in [3.8, 4) is 22.8 Å². The van der Waals surface area contributed by atoms with E-state index < -0.39 is 5.41 Å². The fourth-order valence-electron chi connectivity index (χ4n) is 7.83. The monoisotopic (exact) mass is 598 g/mol. The van der Waals surface area contributed by atoms with Crippen LogP contribution in [0.4, 0.5) is 0 Å². The van der Waals surface area contributed by atoms with Gasteiger partial charge in [0.25, 0.3) is 0 Å². The van der Waals surface area contributed by atoms with Gasteiger partial charge in [-0.2, -0.15) is 0 Å². The van der Waals surface area contributed by atoms with Gasteiger partial charge in [-0.25, -0.2) is 0 Å². The van der Waals surface area contributed by atoms with Gasteiger partial charge in [0.1, 0.15) is 0 Å². The highest BCUT2D eigenvalue weighted by Gasteiger charge is 2.52. The lowest BCUT2D eigenvalue weighted by molar-refractivity contribution is 0.0984. The number of nitrogens with zero attached hydrogens (tertiary/aromatic N) is 4. The Morgan fingerprint density at radius 2 is 0.935 bits per heavy atom. The molecular formula is C41H34N4O. The molecule has 4 heterocycles. The number of aryl methyl sites for hydroxylation is 4. The molecule has 46 heavy (non-hydrogen) atoms. The number of rotatable bonds is 1. The summed E-state index contributed by atoms with van der Waals surface area (Å²) in [5, 5.41) is 0. The molecule has 0 aliphatic heterocycles. The van der Waals surface area contributed by atoms with Crippen molar-refractivity contribution in [1.82, 2.24) is 19.9 Å². The van der Waals surface area contributed by atoms with E-state index in [9.17, 15) is 4.79 Å². The second-order valence-corrected chi connectivity index (χ2v) is 13.2. The average Bonchev–Trinajstić information content (AvgIpc) is 3.61. The normalized spacial score (nSPS) is 15.4. The zero-order chi connectivity index (χ0) is 31.8. The molecule has 2 aromatic carbocycles. The van der Waals surface area contributed by atoms with Crippen LogP contribution in [0.1, 0.15) is 79.3 Å². The summed E-state index contributed by atoms with van der Waals surface area (Å²) in [4.78, 5) is 31.5. The first-order valence-corrected chi connectivity index (χ1v) is 15.8. The van der Waals surface area contributed by atoms with Gasteiger partial charge in [-0.05, 0) is 90.3 Å². The lowest BCUT2D eigenvalue weighted by Crippen LogP contribution is -2.24. The fourth-order valence-corrected chi connectivity index (χ4v) is 7.83. The molecule has 0 radical (unpaired) electrons. The average molecular weight is 599 g/mol. The highest BCUT2D eigenvalue weighted by molar-refractivity contribution is 6.05. The number of hydrogen-bond acceptors (Lipinski definition) is 5. The predicted molar refractivity (Wildman–Crippen MR) is 181 cm³/mol. The van der Waals surface area contributed by atoms with Gasteiger partial charge in [-0.3, -0.25) is 24.7 Å². The number of fused-ring (bicyclic) bond motifs is 10. The molecule has 4 aromatic heterocycles. The highest BCUT2D eigenvalue weighted by atomic mass is 16.1. The second kappa shape index (κ2) is 10.1. The minimum Gasteiger partial charge on any atom is -0.294 e. The van der Waals surface area contributed by atoms with Gasteiger partial charge in [0.2, 0.25) is 0 Å². The van der Waals surface area contributed by atoms with Gasteiger partial charge >= 0.3 is 0 Å². The van der Waals surface area contributed by atoms with Crippen LogP contribution in [0.25, 0.3) is 22.8 Å². The zero-order valence-electron chi connectivity index (χ0n) is 26.7. The van der Waals surface area contributed by atoms with Crippen LogP contribution in [-0.2, 0) is 10.8 Å². The van der Waals surface area contributed by atoms with Crippen LogP contribution in [-0.4, -0.2) is 25.7 Å². The first-order valence-electron chi connectivity index (χ1n) is 15.8. The van der Waals surface area contributed by atoms with Gasteiger partial charge in [0.05, 0.1) is 28.2 Å². The van der Waals surface area contributed by atoms with E-state index >= 15 is 0 Å². The van der Waals surface area contributed by atoms with Crippen molar-refractivity contribution in [3.63, 3.8) is 0 Å². The summed E-state index contributed by atoms with van der Waals surface area (Å²) in [7, 11) is 0. The van der Waals surface area contributed by atoms with Gasteiger partial charge < -0.3 is 0 Å². The summed E-state index contributed by atoms with van der Waals surface area (Å²) >= 11 is 0. The molecule has 224 valence electrons. The molecule has 0 fully saturated rings. The second-order valence-electron chi connectivity index (χ2n) is 13.2. The Labute approximate surface area is 269 Å². The molecule has 0 amide bonds. The van der Waals surface area contributed by atoms with Crippen molar-refractivity contribution in [2.24, 2.45) is 0 Å². The molecule has 0 saturated heterocycles. The Bertz CT molecular complexity index is 2120. The van der Waals surface area contributed by atoms with E-state index in [0.717, 1.165) is 56.2 Å². The summed E-state index contributed by atoms with van der Waals surface area (Å²) in [6.45, 7) is 10.6. The summed E-state index contributed by atoms with van der Waals surface area (Å²) in [5.74, 6) is 0.201. The molecule has 0 unspecified atom stereocenters. The Hall–Kier alpha value is -5.29. The van der Waals surface area contributed by atoms with Crippen LogP contribution in [0.2, 0.25) is 0 Å². The number of aromatic nitrogens is 4. The maximum atomic E-state index is 12.8. The molecule has 9 rings (SSSR count). The smallest absolute Gasteiger partial charge is 0.164 e. The number of hydrogen-bond donors (Lipinski definition) is 0. The van der Waals surface area contributed by atoms with E-state index in [-0.39, 0.29) is 11.2 Å². The molecule has 0 saturated carbocycles. The third-order valence-corrected chi connectivity index (χ3v) is 10.0. The summed E-state index contributed by atoms with van der Waals surface area (Å²) in [6, 6.07) is 27.5. The first kappa shape index (κ1) is 28.2. The van der Waals surface area contributed by atoms with Gasteiger partial charge in [-0.15, -0.1) is 0 Å². The predicted octanol–water partition coefficient (Wildman–Crippen LogP) is 8.42. The molecule has 0 atom stereocenters. The van der Waals surface area contributed by atoms with Gasteiger partial charge in [-0.1, -0.05) is 78.9 Å². The van der Waals surface area contributed by atoms with Crippen molar-refractivity contribution >= 4 is 5.78 Å². The number of carbonyl (C=O) groups excluding carboxylic acids is 1. The van der Waals surface area contributed by atoms with Crippen LogP contribution in [0.15, 0.2) is 104 Å². The molecule has 0 bridgehead atoms. The number of Topliss-reactive ketones (excluding diaryl/α,β-unsaturated/α-hetero) is 1. The summed E-state index contributed by atoms with van der Waals surface area (Å²) < 4.78 is 0. The van der Waals surface area contributed by atoms with Crippen molar-refractivity contribution in [2.75, 3.05) is 0 Å². The molecule has 5 heteroatoms. The minimum absolute atomic E-state index is 0.191. The molecule has 6 aromatic rings. The third-order valence-electron chi connectivity index (χ3n) is 10.0. The van der Waals surface area contributed by atoms with E-state index in [1.54, 1.807) is 0 Å². The Morgan fingerprint density at radius 3 is 1.43 bits per heavy atom. The molecule has 3 aliphatic rings. The van der Waals surface area contributed by atoms with Crippen molar-refractivity contribution < 1.29 is 4.79 Å². The van der Waals surface area contributed by atoms with E-state index in [0.29, 0.717) is 6.42 Å². The van der Waals surface area contributed by atoms with Gasteiger partial charge in [0.15, 0.2) is 5.78 Å². The maximum Gasteiger partial charge on any atom is 0.164 e.